The average Bonchev–Trinajstić information content (AvgIpc) is 2.43. The molecule has 1 aliphatic rings. The van der Waals surface area contributed by atoms with Gasteiger partial charge in [-0.2, -0.15) is 0 Å². The monoisotopic (exact) mass is 242 g/mol. The molecule has 1 heterocycles. The van der Waals surface area contributed by atoms with E-state index in [0.29, 0.717) is 0 Å². The van der Waals surface area contributed by atoms with Crippen molar-refractivity contribution >= 4 is 10.8 Å². The summed E-state index contributed by atoms with van der Waals surface area (Å²) in [7, 11) is 0. The summed E-state index contributed by atoms with van der Waals surface area (Å²) in [6, 6.07) is 12.6. The van der Waals surface area contributed by atoms with Gasteiger partial charge in [0.1, 0.15) is 5.75 Å². The fourth-order valence-corrected chi connectivity index (χ4v) is 2.48. The Hall–Kier alpha value is -1.54. The van der Waals surface area contributed by atoms with Crippen LogP contribution in [0.2, 0.25) is 0 Å². The highest BCUT2D eigenvalue weighted by atomic mass is 16.7. The number of rotatable bonds is 2. The van der Waals surface area contributed by atoms with Crippen molar-refractivity contribution in [2.75, 3.05) is 6.61 Å². The van der Waals surface area contributed by atoms with Crippen LogP contribution in [-0.2, 0) is 4.74 Å². The molecule has 0 bridgehead atoms. The number of benzene rings is 2. The fraction of sp³-hybridized carbons (Fsp3) is 0.375. The van der Waals surface area contributed by atoms with Crippen LogP contribution in [0, 0.1) is 6.92 Å². The second kappa shape index (κ2) is 4.99. The summed E-state index contributed by atoms with van der Waals surface area (Å²) < 4.78 is 11.6. The van der Waals surface area contributed by atoms with E-state index in [1.165, 1.54) is 22.8 Å². The smallest absolute Gasteiger partial charge is 0.199 e. The molecule has 0 spiro atoms. The minimum Gasteiger partial charge on any atom is -0.465 e. The zero-order valence-corrected chi connectivity index (χ0v) is 10.7. The van der Waals surface area contributed by atoms with Gasteiger partial charge >= 0.3 is 0 Å². The Bertz CT molecular complexity index is 542. The third-order valence-corrected chi connectivity index (χ3v) is 3.54. The average molecular weight is 242 g/mol. The maximum atomic E-state index is 5.97. The maximum absolute atomic E-state index is 5.97. The van der Waals surface area contributed by atoms with E-state index in [4.69, 9.17) is 9.47 Å². The first-order valence-electron chi connectivity index (χ1n) is 6.61. The van der Waals surface area contributed by atoms with E-state index in [9.17, 15) is 0 Å². The topological polar surface area (TPSA) is 18.5 Å². The standard InChI is InChI=1S/C16H18O2/c1-12-14-7-3-2-6-13(14)9-10-15(12)18-16-8-4-5-11-17-16/h2-3,6-7,9-10,16H,4-5,8,11H2,1H3. The highest BCUT2D eigenvalue weighted by Crippen LogP contribution is 2.29. The largest absolute Gasteiger partial charge is 0.465 e. The van der Waals surface area contributed by atoms with E-state index in [-0.39, 0.29) is 6.29 Å². The number of fused-ring (bicyclic) bond motifs is 1. The van der Waals surface area contributed by atoms with Crippen molar-refractivity contribution in [1.29, 1.82) is 0 Å². The normalized spacial score (nSPS) is 19.9. The Kier molecular flexibility index (Phi) is 3.20. The second-order valence-electron chi connectivity index (χ2n) is 4.82. The Morgan fingerprint density at radius 2 is 2.00 bits per heavy atom. The molecular weight excluding hydrogens is 224 g/mol. The molecule has 0 amide bonds. The molecular formula is C16H18O2. The minimum atomic E-state index is -0.0707. The van der Waals surface area contributed by atoms with Crippen LogP contribution in [0.1, 0.15) is 24.8 Å². The van der Waals surface area contributed by atoms with E-state index in [1.54, 1.807) is 0 Å². The van der Waals surface area contributed by atoms with Crippen LogP contribution in [0.3, 0.4) is 0 Å². The molecule has 1 aliphatic heterocycles. The van der Waals surface area contributed by atoms with Gasteiger partial charge in [0.05, 0.1) is 6.61 Å². The summed E-state index contributed by atoms with van der Waals surface area (Å²) in [5.41, 5.74) is 1.20. The summed E-state index contributed by atoms with van der Waals surface area (Å²) in [6.07, 6.45) is 3.26. The van der Waals surface area contributed by atoms with Crippen molar-refractivity contribution in [2.24, 2.45) is 0 Å². The lowest BCUT2D eigenvalue weighted by molar-refractivity contribution is -0.106. The van der Waals surface area contributed by atoms with Crippen LogP contribution < -0.4 is 4.74 Å². The Morgan fingerprint density at radius 3 is 2.83 bits per heavy atom. The van der Waals surface area contributed by atoms with E-state index < -0.39 is 0 Å². The van der Waals surface area contributed by atoms with Gasteiger partial charge in [0.2, 0.25) is 0 Å². The summed E-state index contributed by atoms with van der Waals surface area (Å²) in [4.78, 5) is 0. The van der Waals surface area contributed by atoms with Crippen LogP contribution in [-0.4, -0.2) is 12.9 Å². The Labute approximate surface area is 108 Å². The highest BCUT2D eigenvalue weighted by molar-refractivity contribution is 5.87. The number of aryl methyl sites for hydroxylation is 1. The quantitative estimate of drug-likeness (QED) is 0.790. The van der Waals surface area contributed by atoms with Crippen molar-refractivity contribution in [3.8, 4) is 5.75 Å². The highest BCUT2D eigenvalue weighted by Gasteiger charge is 2.16. The van der Waals surface area contributed by atoms with Crippen LogP contribution in [0.15, 0.2) is 36.4 Å². The molecule has 2 heteroatoms. The van der Waals surface area contributed by atoms with E-state index in [1.807, 2.05) is 0 Å². The molecule has 2 aromatic rings. The van der Waals surface area contributed by atoms with Crippen LogP contribution in [0.5, 0.6) is 5.75 Å². The van der Waals surface area contributed by atoms with E-state index in [2.05, 4.69) is 43.3 Å². The number of ether oxygens (including phenoxy) is 2. The van der Waals surface area contributed by atoms with Gasteiger partial charge in [0, 0.05) is 6.42 Å². The third kappa shape index (κ3) is 2.21. The molecule has 0 saturated carbocycles. The number of hydrogen-bond acceptors (Lipinski definition) is 2. The van der Waals surface area contributed by atoms with Crippen molar-refractivity contribution < 1.29 is 9.47 Å². The van der Waals surface area contributed by atoms with Gasteiger partial charge in [0.25, 0.3) is 0 Å². The lowest BCUT2D eigenvalue weighted by atomic mass is 10.0. The van der Waals surface area contributed by atoms with Crippen molar-refractivity contribution in [3.05, 3.63) is 42.0 Å². The first-order valence-corrected chi connectivity index (χ1v) is 6.61. The zero-order chi connectivity index (χ0) is 12.4. The first kappa shape index (κ1) is 11.5. The summed E-state index contributed by atoms with van der Waals surface area (Å²) in [5, 5.41) is 2.51. The first-order chi connectivity index (χ1) is 8.84. The van der Waals surface area contributed by atoms with Crippen molar-refractivity contribution in [1.82, 2.24) is 0 Å². The van der Waals surface area contributed by atoms with Gasteiger partial charge in [-0.3, -0.25) is 0 Å². The third-order valence-electron chi connectivity index (χ3n) is 3.54. The van der Waals surface area contributed by atoms with Crippen LogP contribution >= 0.6 is 0 Å². The molecule has 0 aromatic heterocycles. The summed E-state index contributed by atoms with van der Waals surface area (Å²) >= 11 is 0. The molecule has 3 rings (SSSR count). The van der Waals surface area contributed by atoms with Gasteiger partial charge in [0.15, 0.2) is 6.29 Å². The van der Waals surface area contributed by atoms with Gasteiger partial charge < -0.3 is 9.47 Å². The molecule has 18 heavy (non-hydrogen) atoms. The second-order valence-corrected chi connectivity index (χ2v) is 4.82. The molecule has 2 nitrogen and oxygen atoms in total. The fourth-order valence-electron chi connectivity index (χ4n) is 2.48. The lowest BCUT2D eigenvalue weighted by Gasteiger charge is -2.24. The Morgan fingerprint density at radius 1 is 1.11 bits per heavy atom. The summed E-state index contributed by atoms with van der Waals surface area (Å²) in [6.45, 7) is 2.93. The van der Waals surface area contributed by atoms with E-state index >= 15 is 0 Å². The van der Waals surface area contributed by atoms with Gasteiger partial charge in [-0.1, -0.05) is 30.3 Å². The van der Waals surface area contributed by atoms with Gasteiger partial charge in [-0.05, 0) is 42.2 Å². The van der Waals surface area contributed by atoms with Gasteiger partial charge in [-0.15, -0.1) is 0 Å². The molecule has 0 radical (unpaired) electrons. The summed E-state index contributed by atoms with van der Waals surface area (Å²) in [5.74, 6) is 0.945. The predicted molar refractivity (Wildman–Crippen MR) is 72.9 cm³/mol. The maximum Gasteiger partial charge on any atom is 0.199 e. The molecule has 94 valence electrons. The predicted octanol–water partition coefficient (Wildman–Crippen LogP) is 4.05. The van der Waals surface area contributed by atoms with Crippen molar-refractivity contribution in [3.63, 3.8) is 0 Å². The Balaban J connectivity index is 1.89. The molecule has 1 fully saturated rings. The van der Waals surface area contributed by atoms with Crippen LogP contribution in [0.4, 0.5) is 0 Å². The molecule has 1 atom stereocenters. The SMILES string of the molecule is Cc1c(OC2CCCCO2)ccc2ccccc12. The molecule has 2 aromatic carbocycles. The van der Waals surface area contributed by atoms with Gasteiger partial charge in [-0.25, -0.2) is 0 Å². The molecule has 1 unspecified atom stereocenters. The van der Waals surface area contributed by atoms with Crippen LogP contribution in [0.25, 0.3) is 10.8 Å². The molecule has 0 N–H and O–H groups in total. The molecule has 0 aliphatic carbocycles. The minimum absolute atomic E-state index is 0.0707. The van der Waals surface area contributed by atoms with Crippen molar-refractivity contribution in [2.45, 2.75) is 32.5 Å². The molecule has 1 saturated heterocycles. The van der Waals surface area contributed by atoms with E-state index in [0.717, 1.165) is 25.2 Å². The number of hydrogen-bond donors (Lipinski definition) is 0. The lowest BCUT2D eigenvalue weighted by Crippen LogP contribution is -2.25. The zero-order valence-electron chi connectivity index (χ0n) is 10.7.